The van der Waals surface area contributed by atoms with Crippen molar-refractivity contribution < 1.29 is 4.79 Å². The van der Waals surface area contributed by atoms with Gasteiger partial charge in [0.05, 0.1) is 6.04 Å². The van der Waals surface area contributed by atoms with Crippen molar-refractivity contribution in [3.8, 4) is 11.1 Å². The first-order valence-electron chi connectivity index (χ1n) is 7.38. The van der Waals surface area contributed by atoms with E-state index in [0.717, 1.165) is 16.7 Å². The maximum absolute atomic E-state index is 12.0. The molecule has 124 valence electrons. The molecule has 2 aromatic rings. The van der Waals surface area contributed by atoms with Gasteiger partial charge in [0, 0.05) is 17.5 Å². The van der Waals surface area contributed by atoms with Gasteiger partial charge >= 0.3 is 0 Å². The third-order valence-corrected chi connectivity index (χ3v) is 3.99. The lowest BCUT2D eigenvalue weighted by molar-refractivity contribution is -0.124. The van der Waals surface area contributed by atoms with Gasteiger partial charge < -0.3 is 11.1 Å². The van der Waals surface area contributed by atoms with E-state index in [1.54, 1.807) is 0 Å². The average Bonchev–Trinajstić information content (AvgIpc) is 2.54. The van der Waals surface area contributed by atoms with E-state index in [1.807, 2.05) is 62.4 Å². The standard InChI is InChI=1S/C18H21ClN2O.ClH/c1-12(11-20)18(22)21-13(2)16-5-3-4-6-17(16)14-7-9-15(19)10-8-14;/h3-10,12-13H,11,20H2,1-2H3,(H,21,22);1H. The normalized spacial score (nSPS) is 12.9. The first-order chi connectivity index (χ1) is 10.5. The molecule has 3 nitrogen and oxygen atoms in total. The van der Waals surface area contributed by atoms with Crippen LogP contribution in [0, 0.1) is 5.92 Å². The third kappa shape index (κ3) is 4.96. The fourth-order valence-electron chi connectivity index (χ4n) is 2.31. The van der Waals surface area contributed by atoms with Crippen molar-refractivity contribution in [3.05, 3.63) is 59.1 Å². The second-order valence-corrected chi connectivity index (χ2v) is 5.90. The van der Waals surface area contributed by atoms with Gasteiger partial charge in [0.25, 0.3) is 0 Å². The molecule has 2 aromatic carbocycles. The van der Waals surface area contributed by atoms with E-state index in [-0.39, 0.29) is 30.3 Å². The van der Waals surface area contributed by atoms with Crippen LogP contribution >= 0.6 is 24.0 Å². The summed E-state index contributed by atoms with van der Waals surface area (Å²) >= 11 is 5.95. The lowest BCUT2D eigenvalue weighted by Gasteiger charge is -2.20. The van der Waals surface area contributed by atoms with E-state index in [0.29, 0.717) is 11.6 Å². The Morgan fingerprint density at radius 3 is 2.35 bits per heavy atom. The molecule has 0 aromatic heterocycles. The number of benzene rings is 2. The Morgan fingerprint density at radius 1 is 1.13 bits per heavy atom. The lowest BCUT2D eigenvalue weighted by atomic mass is 9.95. The topological polar surface area (TPSA) is 55.1 Å². The Balaban J connectivity index is 0.00000264. The Kier molecular flexibility index (Phi) is 7.56. The van der Waals surface area contributed by atoms with Crippen molar-refractivity contribution in [1.82, 2.24) is 5.32 Å². The molecule has 0 heterocycles. The molecule has 23 heavy (non-hydrogen) atoms. The van der Waals surface area contributed by atoms with E-state index in [2.05, 4.69) is 5.32 Å². The van der Waals surface area contributed by atoms with Gasteiger partial charge in [-0.25, -0.2) is 0 Å². The maximum atomic E-state index is 12.0. The molecule has 2 atom stereocenters. The molecular weight excluding hydrogens is 331 g/mol. The van der Waals surface area contributed by atoms with E-state index >= 15 is 0 Å². The van der Waals surface area contributed by atoms with Gasteiger partial charge in [-0.15, -0.1) is 12.4 Å². The Morgan fingerprint density at radius 2 is 1.74 bits per heavy atom. The van der Waals surface area contributed by atoms with Crippen LogP contribution in [-0.2, 0) is 4.79 Å². The minimum Gasteiger partial charge on any atom is -0.349 e. The van der Waals surface area contributed by atoms with Gasteiger partial charge in [0.2, 0.25) is 5.91 Å². The molecule has 0 radical (unpaired) electrons. The Labute approximate surface area is 148 Å². The minimum atomic E-state index is -0.190. The van der Waals surface area contributed by atoms with Gasteiger partial charge in [0.1, 0.15) is 0 Å². The van der Waals surface area contributed by atoms with Crippen molar-refractivity contribution in [2.24, 2.45) is 11.7 Å². The van der Waals surface area contributed by atoms with Gasteiger partial charge in [-0.3, -0.25) is 4.79 Å². The van der Waals surface area contributed by atoms with Crippen molar-refractivity contribution >= 4 is 29.9 Å². The number of carbonyl (C=O) groups is 1. The summed E-state index contributed by atoms with van der Waals surface area (Å²) in [7, 11) is 0. The van der Waals surface area contributed by atoms with Crippen LogP contribution in [0.5, 0.6) is 0 Å². The van der Waals surface area contributed by atoms with Crippen molar-refractivity contribution in [1.29, 1.82) is 0 Å². The second-order valence-electron chi connectivity index (χ2n) is 5.46. The SMILES string of the molecule is CC(CN)C(=O)NC(C)c1ccccc1-c1ccc(Cl)cc1.Cl. The predicted octanol–water partition coefficient (Wildman–Crippen LogP) is 4.20. The predicted molar refractivity (Wildman–Crippen MR) is 98.9 cm³/mol. The molecule has 0 saturated carbocycles. The first-order valence-corrected chi connectivity index (χ1v) is 7.76. The van der Waals surface area contributed by atoms with Crippen LogP contribution in [-0.4, -0.2) is 12.5 Å². The summed E-state index contributed by atoms with van der Waals surface area (Å²) in [5.41, 5.74) is 8.79. The summed E-state index contributed by atoms with van der Waals surface area (Å²) in [6.45, 7) is 4.15. The van der Waals surface area contributed by atoms with Crippen LogP contribution < -0.4 is 11.1 Å². The summed E-state index contributed by atoms with van der Waals surface area (Å²) in [6.07, 6.45) is 0. The van der Waals surface area contributed by atoms with Crippen LogP contribution in [0.15, 0.2) is 48.5 Å². The third-order valence-electron chi connectivity index (χ3n) is 3.74. The van der Waals surface area contributed by atoms with Crippen LogP contribution in [0.2, 0.25) is 5.02 Å². The van der Waals surface area contributed by atoms with Gasteiger partial charge in [-0.05, 0) is 35.7 Å². The molecule has 0 aliphatic rings. The van der Waals surface area contributed by atoms with Crippen LogP contribution in [0.4, 0.5) is 0 Å². The van der Waals surface area contributed by atoms with E-state index in [1.165, 1.54) is 0 Å². The molecule has 0 aliphatic heterocycles. The van der Waals surface area contributed by atoms with Crippen molar-refractivity contribution in [2.45, 2.75) is 19.9 Å². The van der Waals surface area contributed by atoms with Gasteiger partial charge in [0.15, 0.2) is 0 Å². The summed E-state index contributed by atoms with van der Waals surface area (Å²) in [6, 6.07) is 15.7. The molecule has 0 fully saturated rings. The molecule has 3 N–H and O–H groups in total. The highest BCUT2D eigenvalue weighted by molar-refractivity contribution is 6.30. The fourth-order valence-corrected chi connectivity index (χ4v) is 2.43. The summed E-state index contributed by atoms with van der Waals surface area (Å²) < 4.78 is 0. The van der Waals surface area contributed by atoms with Gasteiger partial charge in [-0.2, -0.15) is 0 Å². The number of halogens is 2. The molecule has 5 heteroatoms. The number of hydrogen-bond donors (Lipinski definition) is 2. The summed E-state index contributed by atoms with van der Waals surface area (Å²) in [5, 5.41) is 3.73. The molecule has 2 unspecified atom stereocenters. The van der Waals surface area contributed by atoms with E-state index in [4.69, 9.17) is 17.3 Å². The number of carbonyl (C=O) groups excluding carboxylic acids is 1. The van der Waals surface area contributed by atoms with Gasteiger partial charge in [-0.1, -0.05) is 54.9 Å². The highest BCUT2D eigenvalue weighted by Gasteiger charge is 2.17. The maximum Gasteiger partial charge on any atom is 0.224 e. The average molecular weight is 353 g/mol. The number of nitrogens with one attached hydrogen (secondary N) is 1. The highest BCUT2D eigenvalue weighted by atomic mass is 35.5. The van der Waals surface area contributed by atoms with Crippen molar-refractivity contribution in [3.63, 3.8) is 0 Å². The number of amides is 1. The molecule has 0 saturated heterocycles. The molecule has 2 rings (SSSR count). The first kappa shape index (κ1) is 19.5. The summed E-state index contributed by atoms with van der Waals surface area (Å²) in [5.74, 6) is -0.217. The molecule has 0 aliphatic carbocycles. The van der Waals surface area contributed by atoms with Crippen LogP contribution in [0.1, 0.15) is 25.5 Å². The van der Waals surface area contributed by atoms with Crippen LogP contribution in [0.3, 0.4) is 0 Å². The summed E-state index contributed by atoms with van der Waals surface area (Å²) in [4.78, 5) is 12.0. The zero-order valence-electron chi connectivity index (χ0n) is 13.3. The molecule has 1 amide bonds. The number of hydrogen-bond acceptors (Lipinski definition) is 2. The largest absolute Gasteiger partial charge is 0.349 e. The van der Waals surface area contributed by atoms with E-state index < -0.39 is 0 Å². The van der Waals surface area contributed by atoms with E-state index in [9.17, 15) is 4.79 Å². The monoisotopic (exact) mass is 352 g/mol. The highest BCUT2D eigenvalue weighted by Crippen LogP contribution is 2.29. The fraction of sp³-hybridized carbons (Fsp3) is 0.278. The zero-order chi connectivity index (χ0) is 16.1. The Hall–Kier alpha value is -1.55. The van der Waals surface area contributed by atoms with Crippen molar-refractivity contribution in [2.75, 3.05) is 6.54 Å². The minimum absolute atomic E-state index is 0. The Bertz CT molecular complexity index is 644. The lowest BCUT2D eigenvalue weighted by Crippen LogP contribution is -2.35. The molecule has 0 spiro atoms. The number of nitrogens with two attached hydrogens (primary N) is 1. The second kappa shape index (κ2) is 8.92. The molecule has 0 bridgehead atoms. The molecular formula is C18H22Cl2N2O. The van der Waals surface area contributed by atoms with Crippen LogP contribution in [0.25, 0.3) is 11.1 Å². The quantitative estimate of drug-likeness (QED) is 0.846. The zero-order valence-corrected chi connectivity index (χ0v) is 14.8. The number of rotatable bonds is 5. The smallest absolute Gasteiger partial charge is 0.224 e.